The Balaban J connectivity index is 2.89. The zero-order valence-electron chi connectivity index (χ0n) is 5.87. The van der Waals surface area contributed by atoms with E-state index in [0.29, 0.717) is 0 Å². The van der Waals surface area contributed by atoms with Crippen molar-refractivity contribution >= 4 is 11.8 Å². The van der Waals surface area contributed by atoms with Gasteiger partial charge in [-0.1, -0.05) is 6.08 Å². The van der Waals surface area contributed by atoms with Gasteiger partial charge in [-0.3, -0.25) is 0 Å². The molecule has 0 spiro atoms. The van der Waals surface area contributed by atoms with E-state index in [-0.39, 0.29) is 5.57 Å². The highest BCUT2D eigenvalue weighted by Gasteiger charge is 2.07. The molecule has 0 bridgehead atoms. The Morgan fingerprint density at radius 1 is 1.45 bits per heavy atom. The Hall–Kier alpha value is -1.19. The minimum absolute atomic E-state index is 0.263. The first-order valence-corrected chi connectivity index (χ1v) is 4.11. The van der Waals surface area contributed by atoms with Gasteiger partial charge in [-0.05, 0) is 18.2 Å². The van der Waals surface area contributed by atoms with Crippen molar-refractivity contribution in [1.82, 2.24) is 0 Å². The molecular formula is C8H6N2S. The summed E-state index contributed by atoms with van der Waals surface area (Å²) < 4.78 is 0. The lowest BCUT2D eigenvalue weighted by Crippen LogP contribution is -1.86. The summed E-state index contributed by atoms with van der Waals surface area (Å²) in [6, 6.07) is 3.77. The summed E-state index contributed by atoms with van der Waals surface area (Å²) in [7, 11) is 0. The average molecular weight is 162 g/mol. The van der Waals surface area contributed by atoms with Crippen LogP contribution in [0.3, 0.4) is 0 Å². The number of hydrogen-bond donors (Lipinski definition) is 0. The normalized spacial score (nSPS) is 15.3. The Morgan fingerprint density at radius 3 is 2.64 bits per heavy atom. The summed E-state index contributed by atoms with van der Waals surface area (Å²) in [5.74, 6) is 0. The predicted molar refractivity (Wildman–Crippen MR) is 44.2 cm³/mol. The fourth-order valence-electron chi connectivity index (χ4n) is 0.805. The van der Waals surface area contributed by atoms with Gasteiger partial charge in [-0.25, -0.2) is 0 Å². The first kappa shape index (κ1) is 7.91. The third-order valence-electron chi connectivity index (χ3n) is 1.35. The standard InChI is InChI=1S/C8H6N2S/c9-5-7(6-10)8-3-1-2-4-11-8/h2,4H,1,3H2. The molecule has 0 N–H and O–H groups in total. The van der Waals surface area contributed by atoms with Crippen LogP contribution in [0.5, 0.6) is 0 Å². The van der Waals surface area contributed by atoms with Crippen LogP contribution >= 0.6 is 11.8 Å². The molecule has 0 aliphatic carbocycles. The van der Waals surface area contributed by atoms with Gasteiger partial charge in [0.1, 0.15) is 17.7 Å². The molecule has 0 saturated heterocycles. The molecule has 1 aliphatic rings. The topological polar surface area (TPSA) is 47.6 Å². The number of hydrogen-bond acceptors (Lipinski definition) is 3. The number of allylic oxidation sites excluding steroid dienone is 3. The van der Waals surface area contributed by atoms with Gasteiger partial charge >= 0.3 is 0 Å². The molecule has 0 aromatic carbocycles. The molecule has 1 rings (SSSR count). The average Bonchev–Trinajstić information content (AvgIpc) is 2.09. The van der Waals surface area contributed by atoms with E-state index < -0.39 is 0 Å². The highest BCUT2D eigenvalue weighted by atomic mass is 32.2. The Kier molecular flexibility index (Phi) is 2.77. The van der Waals surface area contributed by atoms with Gasteiger partial charge in [0.15, 0.2) is 0 Å². The largest absolute Gasteiger partial charge is 0.192 e. The third-order valence-corrected chi connectivity index (χ3v) is 2.37. The maximum Gasteiger partial charge on any atom is 0.139 e. The van der Waals surface area contributed by atoms with Crippen molar-refractivity contribution in [2.45, 2.75) is 12.8 Å². The fourth-order valence-corrected chi connectivity index (χ4v) is 1.65. The van der Waals surface area contributed by atoms with Crippen LogP contribution in [0.25, 0.3) is 0 Å². The van der Waals surface area contributed by atoms with Crippen molar-refractivity contribution in [3.63, 3.8) is 0 Å². The third kappa shape index (κ3) is 1.86. The predicted octanol–water partition coefficient (Wildman–Crippen LogP) is 2.33. The molecule has 1 aliphatic heterocycles. The molecule has 2 nitrogen and oxygen atoms in total. The first-order chi connectivity index (χ1) is 5.38. The molecule has 0 radical (unpaired) electrons. The van der Waals surface area contributed by atoms with Crippen molar-refractivity contribution in [1.29, 1.82) is 10.5 Å². The molecule has 0 aromatic heterocycles. The Bertz CT molecular complexity index is 272. The van der Waals surface area contributed by atoms with Crippen LogP contribution in [-0.2, 0) is 0 Å². The van der Waals surface area contributed by atoms with Crippen LogP contribution in [0.4, 0.5) is 0 Å². The molecule has 11 heavy (non-hydrogen) atoms. The molecule has 0 saturated carbocycles. The van der Waals surface area contributed by atoms with Gasteiger partial charge in [0.2, 0.25) is 0 Å². The van der Waals surface area contributed by atoms with Crippen molar-refractivity contribution in [3.05, 3.63) is 22.0 Å². The van der Waals surface area contributed by atoms with Crippen LogP contribution in [0.15, 0.2) is 22.0 Å². The Labute approximate surface area is 69.8 Å². The van der Waals surface area contributed by atoms with Gasteiger partial charge in [0.05, 0.1) is 0 Å². The fraction of sp³-hybridized carbons (Fsp3) is 0.250. The van der Waals surface area contributed by atoms with Gasteiger partial charge in [0, 0.05) is 4.91 Å². The van der Waals surface area contributed by atoms with E-state index in [2.05, 4.69) is 0 Å². The lowest BCUT2D eigenvalue weighted by molar-refractivity contribution is 1.03. The van der Waals surface area contributed by atoms with Gasteiger partial charge in [0.25, 0.3) is 0 Å². The number of nitriles is 2. The Morgan fingerprint density at radius 2 is 2.18 bits per heavy atom. The highest BCUT2D eigenvalue weighted by Crippen LogP contribution is 2.29. The summed E-state index contributed by atoms with van der Waals surface area (Å²) in [6.07, 6.45) is 3.81. The molecule has 0 unspecified atom stereocenters. The molecule has 1 heterocycles. The molecule has 0 fully saturated rings. The summed E-state index contributed by atoms with van der Waals surface area (Å²) in [4.78, 5) is 0.900. The SMILES string of the molecule is N#CC(C#N)=C1CCC=CS1. The summed E-state index contributed by atoms with van der Waals surface area (Å²) in [5, 5.41) is 18.9. The van der Waals surface area contributed by atoms with Crippen LogP contribution in [-0.4, -0.2) is 0 Å². The number of nitrogens with zero attached hydrogens (tertiary/aromatic N) is 2. The molecular weight excluding hydrogens is 156 g/mol. The van der Waals surface area contributed by atoms with E-state index in [1.54, 1.807) is 0 Å². The maximum atomic E-state index is 8.51. The monoisotopic (exact) mass is 162 g/mol. The lowest BCUT2D eigenvalue weighted by atomic mass is 10.2. The van der Waals surface area contributed by atoms with Crippen LogP contribution in [0.2, 0.25) is 0 Å². The van der Waals surface area contributed by atoms with Gasteiger partial charge < -0.3 is 0 Å². The second-order valence-corrected chi connectivity index (χ2v) is 3.05. The van der Waals surface area contributed by atoms with Crippen LogP contribution in [0.1, 0.15) is 12.8 Å². The minimum Gasteiger partial charge on any atom is -0.192 e. The van der Waals surface area contributed by atoms with Crippen molar-refractivity contribution < 1.29 is 0 Å². The van der Waals surface area contributed by atoms with E-state index >= 15 is 0 Å². The summed E-state index contributed by atoms with van der Waals surface area (Å²) >= 11 is 1.47. The van der Waals surface area contributed by atoms with Crippen molar-refractivity contribution in [2.75, 3.05) is 0 Å². The molecule has 3 heteroatoms. The quantitative estimate of drug-likeness (QED) is 0.513. The summed E-state index contributed by atoms with van der Waals surface area (Å²) in [6.45, 7) is 0. The van der Waals surface area contributed by atoms with E-state index in [1.165, 1.54) is 11.8 Å². The summed E-state index contributed by atoms with van der Waals surface area (Å²) in [5.41, 5.74) is 0.263. The molecule has 0 atom stereocenters. The van der Waals surface area contributed by atoms with Crippen LogP contribution < -0.4 is 0 Å². The molecule has 0 aromatic rings. The molecule has 0 amide bonds. The van der Waals surface area contributed by atoms with E-state index in [9.17, 15) is 0 Å². The van der Waals surface area contributed by atoms with E-state index in [0.717, 1.165) is 17.7 Å². The van der Waals surface area contributed by atoms with Crippen molar-refractivity contribution in [3.8, 4) is 12.1 Å². The highest BCUT2D eigenvalue weighted by molar-refractivity contribution is 8.05. The number of rotatable bonds is 0. The van der Waals surface area contributed by atoms with Crippen LogP contribution in [0, 0.1) is 22.7 Å². The van der Waals surface area contributed by atoms with E-state index in [4.69, 9.17) is 10.5 Å². The lowest BCUT2D eigenvalue weighted by Gasteiger charge is -2.05. The van der Waals surface area contributed by atoms with Gasteiger partial charge in [-0.2, -0.15) is 10.5 Å². The second kappa shape index (κ2) is 3.85. The van der Waals surface area contributed by atoms with Crippen molar-refractivity contribution in [2.24, 2.45) is 0 Å². The first-order valence-electron chi connectivity index (χ1n) is 3.23. The zero-order chi connectivity index (χ0) is 8.10. The smallest absolute Gasteiger partial charge is 0.139 e. The second-order valence-electron chi connectivity index (χ2n) is 2.05. The number of thioether (sulfide) groups is 1. The zero-order valence-corrected chi connectivity index (χ0v) is 6.69. The maximum absolute atomic E-state index is 8.51. The minimum atomic E-state index is 0.263. The molecule has 54 valence electrons. The van der Waals surface area contributed by atoms with E-state index in [1.807, 2.05) is 23.6 Å². The van der Waals surface area contributed by atoms with Gasteiger partial charge in [-0.15, -0.1) is 11.8 Å².